The number of rotatable bonds is 4. The van der Waals surface area contributed by atoms with E-state index in [1.807, 2.05) is 0 Å². The maximum Gasteiger partial charge on any atom is 0.271 e. The lowest BCUT2D eigenvalue weighted by Crippen LogP contribution is -2.39. The molecule has 1 N–H and O–H groups in total. The van der Waals surface area contributed by atoms with Gasteiger partial charge in [0.25, 0.3) is 5.91 Å². The lowest BCUT2D eigenvalue weighted by Gasteiger charge is -2.30. The van der Waals surface area contributed by atoms with Crippen molar-refractivity contribution in [2.75, 3.05) is 6.54 Å². The number of hydrogen-bond acceptors (Lipinski definition) is 3. The lowest BCUT2D eigenvalue weighted by atomic mass is 9.77. The maximum absolute atomic E-state index is 12.7. The molecule has 3 aromatic rings. The zero-order chi connectivity index (χ0) is 18.1. The van der Waals surface area contributed by atoms with Gasteiger partial charge in [-0.1, -0.05) is 42.2 Å². The molecule has 4 rings (SSSR count). The molecule has 5 nitrogen and oxygen atoms in total. The summed E-state index contributed by atoms with van der Waals surface area (Å²) in [5.74, 6) is -0.133. The van der Waals surface area contributed by atoms with E-state index in [9.17, 15) is 4.79 Å². The molecule has 26 heavy (non-hydrogen) atoms. The van der Waals surface area contributed by atoms with Crippen LogP contribution in [0.5, 0.6) is 0 Å². The molecule has 2 aromatic heterocycles. The molecule has 1 aliphatic carbocycles. The Morgan fingerprint density at radius 1 is 1.15 bits per heavy atom. The fourth-order valence-electron chi connectivity index (χ4n) is 4.18. The van der Waals surface area contributed by atoms with Gasteiger partial charge in [0.15, 0.2) is 11.3 Å². The van der Waals surface area contributed by atoms with E-state index < -0.39 is 0 Å². The van der Waals surface area contributed by atoms with Crippen LogP contribution in [0.15, 0.2) is 42.7 Å². The van der Waals surface area contributed by atoms with Gasteiger partial charge >= 0.3 is 0 Å². The van der Waals surface area contributed by atoms with Gasteiger partial charge < -0.3 is 5.32 Å². The second kappa shape index (κ2) is 6.56. The predicted molar refractivity (Wildman–Crippen MR) is 101 cm³/mol. The third kappa shape index (κ3) is 3.09. The molecule has 1 fully saturated rings. The van der Waals surface area contributed by atoms with Gasteiger partial charge in [-0.15, -0.1) is 0 Å². The average molecular weight is 348 g/mol. The van der Waals surface area contributed by atoms with Crippen LogP contribution in [0.25, 0.3) is 5.65 Å². The Kier molecular flexibility index (Phi) is 4.23. The van der Waals surface area contributed by atoms with Gasteiger partial charge in [-0.3, -0.25) is 4.79 Å². The number of aryl methyl sites for hydroxylation is 2. The van der Waals surface area contributed by atoms with Crippen LogP contribution in [0.2, 0.25) is 0 Å². The molecule has 0 saturated heterocycles. The molecule has 0 bridgehead atoms. The van der Waals surface area contributed by atoms with Gasteiger partial charge in [0.1, 0.15) is 0 Å². The van der Waals surface area contributed by atoms with Crippen molar-refractivity contribution >= 4 is 11.6 Å². The molecule has 1 amide bonds. The van der Waals surface area contributed by atoms with E-state index in [-0.39, 0.29) is 11.3 Å². The van der Waals surface area contributed by atoms with Crippen molar-refractivity contribution in [1.29, 1.82) is 0 Å². The van der Waals surface area contributed by atoms with Crippen LogP contribution in [0.1, 0.15) is 52.9 Å². The van der Waals surface area contributed by atoms with Crippen molar-refractivity contribution in [3.05, 3.63) is 65.1 Å². The standard InChI is InChI=1S/C21H24N4O/c1-15-10-16(2)12-17(11-15)21(6-3-4-7-21)14-23-20(26)18-13-19-22-8-5-9-25(19)24-18/h5,8-13H,3-4,6-7,14H2,1-2H3,(H,23,26). The quantitative estimate of drug-likeness (QED) is 0.784. The van der Waals surface area contributed by atoms with E-state index in [1.54, 1.807) is 29.0 Å². The van der Waals surface area contributed by atoms with E-state index >= 15 is 0 Å². The van der Waals surface area contributed by atoms with Gasteiger partial charge in [-0.25, -0.2) is 9.50 Å². The van der Waals surface area contributed by atoms with Crippen LogP contribution in [-0.4, -0.2) is 27.0 Å². The number of nitrogens with one attached hydrogen (secondary N) is 1. The van der Waals surface area contributed by atoms with Gasteiger partial charge in [0, 0.05) is 30.4 Å². The summed E-state index contributed by atoms with van der Waals surface area (Å²) in [5, 5.41) is 7.46. The number of benzene rings is 1. The summed E-state index contributed by atoms with van der Waals surface area (Å²) in [4.78, 5) is 16.9. The number of amides is 1. The summed E-state index contributed by atoms with van der Waals surface area (Å²) < 4.78 is 1.63. The molecule has 134 valence electrons. The van der Waals surface area contributed by atoms with Crippen LogP contribution in [0.3, 0.4) is 0 Å². The molecule has 0 atom stereocenters. The largest absolute Gasteiger partial charge is 0.350 e. The topological polar surface area (TPSA) is 59.3 Å². The van der Waals surface area contributed by atoms with Crippen molar-refractivity contribution in [2.45, 2.75) is 44.9 Å². The van der Waals surface area contributed by atoms with Crippen molar-refractivity contribution in [3.63, 3.8) is 0 Å². The van der Waals surface area contributed by atoms with E-state index in [2.05, 4.69) is 47.4 Å². The van der Waals surface area contributed by atoms with Crippen LogP contribution >= 0.6 is 0 Å². The predicted octanol–water partition coefficient (Wildman–Crippen LogP) is 3.59. The molecule has 1 saturated carbocycles. The monoisotopic (exact) mass is 348 g/mol. The minimum absolute atomic E-state index is 0.0316. The zero-order valence-corrected chi connectivity index (χ0v) is 15.3. The molecular weight excluding hydrogens is 324 g/mol. The number of carbonyl (C=O) groups is 1. The summed E-state index contributed by atoms with van der Waals surface area (Å²) in [6.07, 6.45) is 8.15. The second-order valence-corrected chi connectivity index (χ2v) is 7.50. The zero-order valence-electron chi connectivity index (χ0n) is 15.3. The van der Waals surface area contributed by atoms with Crippen LogP contribution in [-0.2, 0) is 5.41 Å². The number of fused-ring (bicyclic) bond motifs is 1. The molecule has 0 spiro atoms. The molecule has 0 unspecified atom stereocenters. The van der Waals surface area contributed by atoms with Crippen LogP contribution in [0, 0.1) is 13.8 Å². The normalized spacial score (nSPS) is 16.1. The van der Waals surface area contributed by atoms with Gasteiger partial charge in [-0.2, -0.15) is 5.10 Å². The highest BCUT2D eigenvalue weighted by Gasteiger charge is 2.36. The Bertz CT molecular complexity index is 900. The summed E-state index contributed by atoms with van der Waals surface area (Å²) in [7, 11) is 0. The smallest absolute Gasteiger partial charge is 0.271 e. The van der Waals surface area contributed by atoms with E-state index in [1.165, 1.54) is 29.5 Å². The Morgan fingerprint density at radius 2 is 1.88 bits per heavy atom. The molecule has 5 heteroatoms. The van der Waals surface area contributed by atoms with E-state index in [0.717, 1.165) is 12.8 Å². The van der Waals surface area contributed by atoms with Crippen molar-refractivity contribution in [3.8, 4) is 0 Å². The molecule has 1 aliphatic rings. The average Bonchev–Trinajstić information content (AvgIpc) is 3.26. The number of carbonyl (C=O) groups excluding carboxylic acids is 1. The number of aromatic nitrogens is 3. The Hall–Kier alpha value is -2.69. The Balaban J connectivity index is 1.56. The molecular formula is C21H24N4O. The molecule has 0 radical (unpaired) electrons. The first-order chi connectivity index (χ1) is 12.6. The third-order valence-corrected chi connectivity index (χ3v) is 5.45. The van der Waals surface area contributed by atoms with Crippen LogP contribution in [0.4, 0.5) is 0 Å². The minimum Gasteiger partial charge on any atom is -0.350 e. The highest BCUT2D eigenvalue weighted by Crippen LogP contribution is 2.41. The number of nitrogens with zero attached hydrogens (tertiary/aromatic N) is 3. The number of hydrogen-bond donors (Lipinski definition) is 1. The molecule has 1 aromatic carbocycles. The van der Waals surface area contributed by atoms with E-state index in [4.69, 9.17) is 0 Å². The van der Waals surface area contributed by atoms with Gasteiger partial charge in [0.2, 0.25) is 0 Å². The summed E-state index contributed by atoms with van der Waals surface area (Å²) in [6, 6.07) is 10.3. The lowest BCUT2D eigenvalue weighted by molar-refractivity contribution is 0.0938. The highest BCUT2D eigenvalue weighted by molar-refractivity contribution is 5.93. The van der Waals surface area contributed by atoms with Crippen molar-refractivity contribution < 1.29 is 4.79 Å². The molecule has 0 aliphatic heterocycles. The Labute approximate surface area is 153 Å². The first-order valence-corrected chi connectivity index (χ1v) is 9.23. The van der Waals surface area contributed by atoms with Crippen molar-refractivity contribution in [2.24, 2.45) is 0 Å². The minimum atomic E-state index is -0.133. The fourth-order valence-corrected chi connectivity index (χ4v) is 4.18. The van der Waals surface area contributed by atoms with Crippen LogP contribution < -0.4 is 5.32 Å². The van der Waals surface area contributed by atoms with Gasteiger partial charge in [0.05, 0.1) is 0 Å². The van der Waals surface area contributed by atoms with Crippen molar-refractivity contribution in [1.82, 2.24) is 19.9 Å². The summed E-state index contributed by atoms with van der Waals surface area (Å²) in [5.41, 5.74) is 5.04. The van der Waals surface area contributed by atoms with Gasteiger partial charge in [-0.05, 0) is 38.3 Å². The first kappa shape index (κ1) is 16.8. The second-order valence-electron chi connectivity index (χ2n) is 7.50. The van der Waals surface area contributed by atoms with E-state index in [0.29, 0.717) is 17.9 Å². The molecule has 2 heterocycles. The summed E-state index contributed by atoms with van der Waals surface area (Å²) >= 11 is 0. The first-order valence-electron chi connectivity index (χ1n) is 9.23. The third-order valence-electron chi connectivity index (χ3n) is 5.45. The summed E-state index contributed by atoms with van der Waals surface area (Å²) in [6.45, 7) is 4.93. The maximum atomic E-state index is 12.7. The Morgan fingerprint density at radius 3 is 2.58 bits per heavy atom. The highest BCUT2D eigenvalue weighted by atomic mass is 16.1. The fraction of sp³-hybridized carbons (Fsp3) is 0.381. The SMILES string of the molecule is Cc1cc(C)cc(C2(CNC(=O)c3cc4ncccn4n3)CCCC2)c1.